The van der Waals surface area contributed by atoms with Crippen molar-refractivity contribution in [3.05, 3.63) is 41.9 Å². The second-order valence-electron chi connectivity index (χ2n) is 6.12. The van der Waals surface area contributed by atoms with E-state index in [0.29, 0.717) is 17.1 Å². The van der Waals surface area contributed by atoms with Crippen LogP contribution in [0.15, 0.2) is 30.6 Å². The van der Waals surface area contributed by atoms with Crippen LogP contribution in [-0.2, 0) is 5.54 Å². The van der Waals surface area contributed by atoms with Crippen LogP contribution >= 0.6 is 0 Å². The third-order valence-electron chi connectivity index (χ3n) is 3.94. The number of hydrogen-bond donors (Lipinski definition) is 1. The molecular weight excluding hydrogens is 306 g/mol. The molecule has 24 heavy (non-hydrogen) atoms. The van der Waals surface area contributed by atoms with Gasteiger partial charge >= 0.3 is 0 Å². The van der Waals surface area contributed by atoms with Crippen LogP contribution in [0.5, 0.6) is 11.5 Å². The number of anilines is 1. The Morgan fingerprint density at radius 2 is 1.83 bits per heavy atom. The van der Waals surface area contributed by atoms with Gasteiger partial charge in [0.1, 0.15) is 6.33 Å². The molecule has 0 spiro atoms. The van der Waals surface area contributed by atoms with Crippen molar-refractivity contribution in [2.45, 2.75) is 26.3 Å². The third-order valence-corrected chi connectivity index (χ3v) is 3.94. The minimum atomic E-state index is -0.361. The molecule has 0 atom stereocenters. The van der Waals surface area contributed by atoms with Crippen molar-refractivity contribution in [1.82, 2.24) is 19.8 Å². The lowest BCUT2D eigenvalue weighted by atomic mass is 9.93. The second-order valence-corrected chi connectivity index (χ2v) is 6.12. The van der Waals surface area contributed by atoms with Gasteiger partial charge in [-0.25, -0.2) is 0 Å². The molecule has 7 nitrogen and oxygen atoms in total. The lowest BCUT2D eigenvalue weighted by molar-refractivity contribution is 0.353. The highest BCUT2D eigenvalue weighted by Crippen LogP contribution is 2.34. The third kappa shape index (κ3) is 2.84. The average molecular weight is 327 g/mol. The van der Waals surface area contributed by atoms with Crippen LogP contribution in [0, 0.1) is 6.92 Å². The molecule has 0 aliphatic heterocycles. The van der Waals surface area contributed by atoms with Crippen LogP contribution in [0.3, 0.4) is 0 Å². The van der Waals surface area contributed by atoms with Gasteiger partial charge in [0.25, 0.3) is 0 Å². The maximum atomic E-state index is 5.41. The SMILES string of the molecule is COc1ccc(C(C)(C)Nc2cc(C)nn3cnnc23)cc1OC. The van der Waals surface area contributed by atoms with E-state index in [9.17, 15) is 0 Å². The van der Waals surface area contributed by atoms with Gasteiger partial charge in [0.2, 0.25) is 5.65 Å². The van der Waals surface area contributed by atoms with Gasteiger partial charge in [0.05, 0.1) is 31.1 Å². The number of ether oxygens (including phenoxy) is 2. The van der Waals surface area contributed by atoms with Crippen molar-refractivity contribution >= 4 is 11.3 Å². The van der Waals surface area contributed by atoms with Gasteiger partial charge in [0, 0.05) is 0 Å². The molecule has 3 rings (SSSR count). The highest BCUT2D eigenvalue weighted by Gasteiger charge is 2.23. The molecule has 0 unspecified atom stereocenters. The van der Waals surface area contributed by atoms with E-state index in [1.54, 1.807) is 25.1 Å². The fourth-order valence-electron chi connectivity index (χ4n) is 2.68. The summed E-state index contributed by atoms with van der Waals surface area (Å²) in [5.41, 5.74) is 3.15. The summed E-state index contributed by atoms with van der Waals surface area (Å²) in [5.74, 6) is 1.40. The predicted molar refractivity (Wildman–Crippen MR) is 91.7 cm³/mol. The van der Waals surface area contributed by atoms with E-state index in [1.165, 1.54) is 0 Å². The van der Waals surface area contributed by atoms with Crippen LogP contribution in [0.25, 0.3) is 5.65 Å². The first-order chi connectivity index (χ1) is 11.4. The average Bonchev–Trinajstić information content (AvgIpc) is 3.02. The molecule has 1 aromatic carbocycles. The van der Waals surface area contributed by atoms with E-state index in [2.05, 4.69) is 34.5 Å². The molecule has 1 N–H and O–H groups in total. The summed E-state index contributed by atoms with van der Waals surface area (Å²) >= 11 is 0. The predicted octanol–water partition coefficient (Wildman–Crippen LogP) is 2.80. The summed E-state index contributed by atoms with van der Waals surface area (Å²) in [7, 11) is 3.26. The Labute approximate surface area is 140 Å². The summed E-state index contributed by atoms with van der Waals surface area (Å²) in [6, 6.07) is 7.86. The lowest BCUT2D eigenvalue weighted by Crippen LogP contribution is -2.28. The Kier molecular flexibility index (Phi) is 4.01. The molecule has 0 saturated heterocycles. The van der Waals surface area contributed by atoms with Crippen molar-refractivity contribution in [1.29, 1.82) is 0 Å². The minimum absolute atomic E-state index is 0.361. The summed E-state index contributed by atoms with van der Waals surface area (Å²) < 4.78 is 12.4. The fraction of sp³-hybridized carbons (Fsp3) is 0.353. The zero-order valence-corrected chi connectivity index (χ0v) is 14.5. The number of fused-ring (bicyclic) bond motifs is 1. The maximum absolute atomic E-state index is 5.41. The Morgan fingerprint density at radius 3 is 2.54 bits per heavy atom. The fourth-order valence-corrected chi connectivity index (χ4v) is 2.68. The number of benzene rings is 1. The van der Waals surface area contributed by atoms with Crippen molar-refractivity contribution in [3.63, 3.8) is 0 Å². The quantitative estimate of drug-likeness (QED) is 0.777. The zero-order chi connectivity index (χ0) is 17.3. The molecule has 2 heterocycles. The normalized spacial score (nSPS) is 11.5. The number of aryl methyl sites for hydroxylation is 1. The summed E-state index contributed by atoms with van der Waals surface area (Å²) in [5, 5.41) is 16.0. The van der Waals surface area contributed by atoms with Crippen molar-refractivity contribution < 1.29 is 9.47 Å². The van der Waals surface area contributed by atoms with Crippen LogP contribution in [0.4, 0.5) is 5.69 Å². The molecule has 0 aliphatic rings. The van der Waals surface area contributed by atoms with Gasteiger partial charge in [-0.3, -0.25) is 0 Å². The maximum Gasteiger partial charge on any atom is 0.200 e. The molecule has 0 amide bonds. The first-order valence-electron chi connectivity index (χ1n) is 7.63. The Bertz CT molecular complexity index is 873. The van der Waals surface area contributed by atoms with Crippen molar-refractivity contribution in [2.75, 3.05) is 19.5 Å². The summed E-state index contributed by atoms with van der Waals surface area (Å²) in [4.78, 5) is 0. The molecule has 0 bridgehead atoms. The molecule has 126 valence electrons. The van der Waals surface area contributed by atoms with Crippen LogP contribution in [0.1, 0.15) is 25.1 Å². The number of hydrogen-bond acceptors (Lipinski definition) is 6. The van der Waals surface area contributed by atoms with Crippen LogP contribution < -0.4 is 14.8 Å². The Balaban J connectivity index is 2.00. The molecule has 7 heteroatoms. The highest BCUT2D eigenvalue weighted by molar-refractivity contribution is 5.68. The molecule has 3 aromatic rings. The smallest absolute Gasteiger partial charge is 0.200 e. The molecular formula is C17H21N5O2. The first kappa shape index (κ1) is 16.0. The Morgan fingerprint density at radius 1 is 1.08 bits per heavy atom. The number of methoxy groups -OCH3 is 2. The van der Waals surface area contributed by atoms with Gasteiger partial charge in [0.15, 0.2) is 11.5 Å². The standard InChI is InChI=1S/C17H21N5O2/c1-11-8-13(16-20-18-10-22(16)21-11)19-17(2,3)12-6-7-14(23-4)15(9-12)24-5/h6-10,19H,1-5H3. The minimum Gasteiger partial charge on any atom is -0.493 e. The summed E-state index contributed by atoms with van der Waals surface area (Å²) in [6.45, 7) is 6.13. The van der Waals surface area contributed by atoms with Crippen LogP contribution in [0.2, 0.25) is 0 Å². The lowest BCUT2D eigenvalue weighted by Gasteiger charge is -2.29. The Hall–Kier alpha value is -2.83. The van der Waals surface area contributed by atoms with E-state index in [4.69, 9.17) is 9.47 Å². The molecule has 0 radical (unpaired) electrons. The number of nitrogens with zero attached hydrogens (tertiary/aromatic N) is 4. The molecule has 0 saturated carbocycles. The summed E-state index contributed by atoms with van der Waals surface area (Å²) in [6.07, 6.45) is 1.59. The van der Waals surface area contributed by atoms with E-state index in [-0.39, 0.29) is 5.54 Å². The van der Waals surface area contributed by atoms with Gasteiger partial charge in [-0.2, -0.15) is 9.61 Å². The largest absolute Gasteiger partial charge is 0.493 e. The second kappa shape index (κ2) is 5.99. The van der Waals surface area contributed by atoms with E-state index in [1.807, 2.05) is 31.2 Å². The van der Waals surface area contributed by atoms with Gasteiger partial charge in [-0.05, 0) is 44.5 Å². The molecule has 0 aliphatic carbocycles. The van der Waals surface area contributed by atoms with Gasteiger partial charge < -0.3 is 14.8 Å². The number of rotatable bonds is 5. The topological polar surface area (TPSA) is 73.6 Å². The van der Waals surface area contributed by atoms with Crippen molar-refractivity contribution in [2.24, 2.45) is 0 Å². The first-order valence-corrected chi connectivity index (χ1v) is 7.63. The van der Waals surface area contributed by atoms with E-state index >= 15 is 0 Å². The highest BCUT2D eigenvalue weighted by atomic mass is 16.5. The number of aromatic nitrogens is 4. The van der Waals surface area contributed by atoms with Gasteiger partial charge in [-0.15, -0.1) is 10.2 Å². The number of nitrogens with one attached hydrogen (secondary N) is 1. The van der Waals surface area contributed by atoms with Crippen LogP contribution in [-0.4, -0.2) is 34.0 Å². The van der Waals surface area contributed by atoms with E-state index < -0.39 is 0 Å². The van der Waals surface area contributed by atoms with Crippen molar-refractivity contribution in [3.8, 4) is 11.5 Å². The monoisotopic (exact) mass is 327 g/mol. The zero-order valence-electron chi connectivity index (χ0n) is 14.5. The van der Waals surface area contributed by atoms with Gasteiger partial charge in [-0.1, -0.05) is 6.07 Å². The molecule has 0 fully saturated rings. The van der Waals surface area contributed by atoms with E-state index in [0.717, 1.165) is 16.9 Å². The molecule has 2 aromatic heterocycles.